The molecule has 2 atom stereocenters. The maximum atomic E-state index is 13.8. The molecule has 2 saturated heterocycles. The third-order valence-corrected chi connectivity index (χ3v) is 6.65. The van der Waals surface area contributed by atoms with Crippen LogP contribution in [0.15, 0.2) is 18.2 Å². The molecule has 4 amide bonds. The molecular formula is C21H26N4O5. The van der Waals surface area contributed by atoms with Crippen LogP contribution in [-0.2, 0) is 16.0 Å². The van der Waals surface area contributed by atoms with Crippen molar-refractivity contribution in [2.75, 3.05) is 25.0 Å². The summed E-state index contributed by atoms with van der Waals surface area (Å²) in [6, 6.07) is 3.71. The highest BCUT2D eigenvalue weighted by atomic mass is 16.6. The van der Waals surface area contributed by atoms with Gasteiger partial charge in [-0.05, 0) is 30.9 Å². The minimum Gasteiger partial charge on any atom is -0.367 e. The second-order valence-corrected chi connectivity index (χ2v) is 8.38. The fourth-order valence-corrected chi connectivity index (χ4v) is 5.28. The van der Waals surface area contributed by atoms with Gasteiger partial charge in [0, 0.05) is 44.4 Å². The predicted molar refractivity (Wildman–Crippen MR) is 109 cm³/mol. The van der Waals surface area contributed by atoms with Crippen LogP contribution in [0.1, 0.15) is 44.6 Å². The number of hydrogen-bond donors (Lipinski definition) is 0. The van der Waals surface area contributed by atoms with Crippen molar-refractivity contribution in [3.05, 3.63) is 33.9 Å². The molecule has 0 N–H and O–H groups in total. The number of carbonyl (C=O) groups excluding carboxylic acids is 3. The van der Waals surface area contributed by atoms with Gasteiger partial charge in [-0.2, -0.15) is 0 Å². The number of nitrogens with zero attached hydrogens (tertiary/aromatic N) is 4. The monoisotopic (exact) mass is 414 g/mol. The number of benzene rings is 1. The summed E-state index contributed by atoms with van der Waals surface area (Å²) in [7, 11) is 1.42. The molecule has 0 aromatic heterocycles. The van der Waals surface area contributed by atoms with E-state index in [1.165, 1.54) is 24.1 Å². The number of nitro groups is 1. The Morgan fingerprint density at radius 2 is 1.93 bits per heavy atom. The SMILES string of the molecule is CCCN1C(=O)N(C)C(=O)[C@@]2(Cc3cc([N+](=O)[O-])ccc3N3CCCCC[C@@H]32)C1=O. The molecule has 0 aliphatic carbocycles. The van der Waals surface area contributed by atoms with E-state index in [2.05, 4.69) is 4.90 Å². The van der Waals surface area contributed by atoms with Gasteiger partial charge in [-0.15, -0.1) is 0 Å². The van der Waals surface area contributed by atoms with Crippen molar-refractivity contribution < 1.29 is 19.3 Å². The Bertz CT molecular complexity index is 932. The molecule has 9 nitrogen and oxygen atoms in total. The van der Waals surface area contributed by atoms with Gasteiger partial charge in [-0.1, -0.05) is 19.8 Å². The van der Waals surface area contributed by atoms with Gasteiger partial charge >= 0.3 is 6.03 Å². The molecule has 0 unspecified atom stereocenters. The van der Waals surface area contributed by atoms with Crippen LogP contribution >= 0.6 is 0 Å². The van der Waals surface area contributed by atoms with Gasteiger partial charge in [0.1, 0.15) is 0 Å². The average molecular weight is 414 g/mol. The van der Waals surface area contributed by atoms with E-state index in [-0.39, 0.29) is 24.7 Å². The van der Waals surface area contributed by atoms with Gasteiger partial charge in [0.25, 0.3) is 5.69 Å². The van der Waals surface area contributed by atoms with Crippen LogP contribution in [0, 0.1) is 15.5 Å². The number of imide groups is 2. The van der Waals surface area contributed by atoms with Crippen molar-refractivity contribution in [2.45, 2.75) is 51.5 Å². The Balaban J connectivity index is 1.91. The topological polar surface area (TPSA) is 104 Å². The summed E-state index contributed by atoms with van der Waals surface area (Å²) in [4.78, 5) is 55.2. The molecular weight excluding hydrogens is 388 g/mol. The number of amides is 4. The molecule has 3 heterocycles. The van der Waals surface area contributed by atoms with Gasteiger partial charge in [-0.3, -0.25) is 29.5 Å². The summed E-state index contributed by atoms with van der Waals surface area (Å²) < 4.78 is 0. The highest BCUT2D eigenvalue weighted by Gasteiger charge is 2.63. The normalized spacial score (nSPS) is 26.5. The lowest BCUT2D eigenvalue weighted by molar-refractivity contribution is -0.384. The van der Waals surface area contributed by atoms with Crippen LogP contribution in [0.3, 0.4) is 0 Å². The van der Waals surface area contributed by atoms with E-state index in [0.717, 1.165) is 29.8 Å². The molecule has 2 fully saturated rings. The molecule has 160 valence electrons. The van der Waals surface area contributed by atoms with Gasteiger partial charge in [-0.25, -0.2) is 4.79 Å². The quantitative estimate of drug-likeness (QED) is 0.428. The minimum absolute atomic E-state index is 0.0669. The lowest BCUT2D eigenvalue weighted by Gasteiger charge is -2.53. The van der Waals surface area contributed by atoms with Gasteiger partial charge < -0.3 is 4.90 Å². The first kappa shape index (κ1) is 20.3. The van der Waals surface area contributed by atoms with Crippen molar-refractivity contribution in [1.82, 2.24) is 9.80 Å². The van der Waals surface area contributed by atoms with E-state index in [9.17, 15) is 24.5 Å². The van der Waals surface area contributed by atoms with Crippen LogP contribution in [0.5, 0.6) is 0 Å². The van der Waals surface area contributed by atoms with Crippen molar-refractivity contribution in [1.29, 1.82) is 0 Å². The highest BCUT2D eigenvalue weighted by Crippen LogP contribution is 2.48. The third kappa shape index (κ3) is 2.79. The zero-order valence-electron chi connectivity index (χ0n) is 17.3. The number of urea groups is 1. The molecule has 1 aromatic rings. The molecule has 4 rings (SSSR count). The fourth-order valence-electron chi connectivity index (χ4n) is 5.28. The zero-order valence-corrected chi connectivity index (χ0v) is 17.3. The number of nitro benzene ring substituents is 1. The number of rotatable bonds is 3. The summed E-state index contributed by atoms with van der Waals surface area (Å²) >= 11 is 0. The van der Waals surface area contributed by atoms with E-state index in [4.69, 9.17) is 0 Å². The molecule has 3 aliphatic heterocycles. The summed E-state index contributed by atoms with van der Waals surface area (Å²) in [6.45, 7) is 2.79. The number of fused-ring (bicyclic) bond motifs is 4. The molecule has 30 heavy (non-hydrogen) atoms. The number of hydrogen-bond acceptors (Lipinski definition) is 6. The predicted octanol–water partition coefficient (Wildman–Crippen LogP) is 2.72. The molecule has 3 aliphatic rings. The molecule has 1 aromatic carbocycles. The van der Waals surface area contributed by atoms with Crippen LogP contribution in [0.4, 0.5) is 16.2 Å². The lowest BCUT2D eigenvalue weighted by Crippen LogP contribution is -2.72. The lowest BCUT2D eigenvalue weighted by atomic mass is 9.67. The van der Waals surface area contributed by atoms with Crippen molar-refractivity contribution >= 4 is 29.2 Å². The molecule has 9 heteroatoms. The van der Waals surface area contributed by atoms with E-state index in [0.29, 0.717) is 24.9 Å². The molecule has 0 bridgehead atoms. The second kappa shape index (κ2) is 7.37. The van der Waals surface area contributed by atoms with Gasteiger partial charge in [0.2, 0.25) is 11.8 Å². The Morgan fingerprint density at radius 1 is 1.17 bits per heavy atom. The van der Waals surface area contributed by atoms with Crippen LogP contribution < -0.4 is 4.90 Å². The maximum Gasteiger partial charge on any atom is 0.333 e. The van der Waals surface area contributed by atoms with Gasteiger partial charge in [0.15, 0.2) is 5.41 Å². The van der Waals surface area contributed by atoms with Crippen LogP contribution in [0.2, 0.25) is 0 Å². The molecule has 0 saturated carbocycles. The van der Waals surface area contributed by atoms with E-state index in [1.807, 2.05) is 6.92 Å². The zero-order chi connectivity index (χ0) is 21.6. The van der Waals surface area contributed by atoms with E-state index < -0.39 is 28.2 Å². The van der Waals surface area contributed by atoms with E-state index >= 15 is 0 Å². The fraction of sp³-hybridized carbons (Fsp3) is 0.571. The molecule has 1 spiro atoms. The summed E-state index contributed by atoms with van der Waals surface area (Å²) in [5, 5.41) is 11.4. The van der Waals surface area contributed by atoms with Crippen LogP contribution in [-0.4, -0.2) is 58.7 Å². The summed E-state index contributed by atoms with van der Waals surface area (Å²) in [5.41, 5.74) is -0.0454. The largest absolute Gasteiger partial charge is 0.367 e. The smallest absolute Gasteiger partial charge is 0.333 e. The van der Waals surface area contributed by atoms with Crippen molar-refractivity contribution in [2.24, 2.45) is 5.41 Å². The summed E-state index contributed by atoms with van der Waals surface area (Å²) in [6.07, 6.45) is 4.11. The van der Waals surface area contributed by atoms with Crippen molar-refractivity contribution in [3.63, 3.8) is 0 Å². The Labute approximate surface area is 174 Å². The Kier molecular flexibility index (Phi) is 4.99. The highest BCUT2D eigenvalue weighted by molar-refractivity contribution is 6.20. The van der Waals surface area contributed by atoms with Crippen molar-refractivity contribution in [3.8, 4) is 0 Å². The standard InChI is InChI=1S/C21H26N4O5/c1-3-10-24-19(27)21(18(26)22(2)20(24)28)13-14-12-15(25(29)30)8-9-16(14)23-11-6-4-5-7-17(21)23/h8-9,12,17H,3-7,10-11,13H2,1-2H3/t17-,21+/m1/s1. The second-order valence-electron chi connectivity index (χ2n) is 8.38. The first-order valence-electron chi connectivity index (χ1n) is 10.5. The summed E-state index contributed by atoms with van der Waals surface area (Å²) in [5.74, 6) is -0.967. The first-order chi connectivity index (χ1) is 14.3. The number of non-ortho nitro benzene ring substituents is 1. The maximum absolute atomic E-state index is 13.8. The molecule has 0 radical (unpaired) electrons. The van der Waals surface area contributed by atoms with E-state index in [1.54, 1.807) is 6.07 Å². The number of carbonyl (C=O) groups is 3. The average Bonchev–Trinajstić information content (AvgIpc) is 3.00. The Morgan fingerprint density at radius 3 is 2.63 bits per heavy atom. The minimum atomic E-state index is -1.44. The Hall–Kier alpha value is -2.97. The van der Waals surface area contributed by atoms with Gasteiger partial charge in [0.05, 0.1) is 11.0 Å². The number of barbiturate groups is 1. The first-order valence-corrected chi connectivity index (χ1v) is 10.5. The third-order valence-electron chi connectivity index (χ3n) is 6.65. The van der Waals surface area contributed by atoms with Crippen LogP contribution in [0.25, 0.3) is 0 Å². The number of anilines is 1.